The van der Waals surface area contributed by atoms with E-state index in [2.05, 4.69) is 0 Å². The quantitative estimate of drug-likeness (QED) is 0.729. The number of rotatable bonds is 1. The predicted octanol–water partition coefficient (Wildman–Crippen LogP) is 3.59. The van der Waals surface area contributed by atoms with Gasteiger partial charge < -0.3 is 4.74 Å². The zero-order chi connectivity index (χ0) is 13.4. The lowest BCUT2D eigenvalue weighted by Gasteiger charge is -2.26. The van der Waals surface area contributed by atoms with Gasteiger partial charge in [-0.3, -0.25) is 0 Å². The number of benzene rings is 2. The lowest BCUT2D eigenvalue weighted by molar-refractivity contribution is 0.0251. The predicted molar refractivity (Wildman–Crippen MR) is 69.4 cm³/mol. The minimum atomic E-state index is -0.377. The Morgan fingerprint density at radius 3 is 2.63 bits per heavy atom. The van der Waals surface area contributed by atoms with Gasteiger partial charge in [-0.05, 0) is 35.7 Å². The second-order valence-electron chi connectivity index (χ2n) is 4.71. The highest BCUT2D eigenvalue weighted by atomic mass is 19.1. The van der Waals surface area contributed by atoms with Crippen LogP contribution in [0.2, 0.25) is 0 Å². The van der Waals surface area contributed by atoms with Crippen molar-refractivity contribution >= 4 is 5.97 Å². The number of carbonyl (C=O) groups excluding carboxylic acids is 1. The highest BCUT2D eigenvalue weighted by Crippen LogP contribution is 2.32. The summed E-state index contributed by atoms with van der Waals surface area (Å²) in [4.78, 5) is 12.0. The van der Waals surface area contributed by atoms with Crippen LogP contribution in [0.5, 0.6) is 0 Å². The molecule has 0 radical (unpaired) electrons. The monoisotopic (exact) mass is 256 g/mol. The van der Waals surface area contributed by atoms with Gasteiger partial charge in [-0.25, -0.2) is 9.18 Å². The minimum Gasteiger partial charge on any atom is -0.454 e. The average molecular weight is 256 g/mol. The normalized spacial score (nSPS) is 17.8. The fourth-order valence-corrected chi connectivity index (χ4v) is 2.46. The van der Waals surface area contributed by atoms with Crippen LogP contribution in [0.1, 0.15) is 33.2 Å². The van der Waals surface area contributed by atoms with E-state index in [1.807, 2.05) is 30.3 Å². The molecule has 1 aliphatic heterocycles. The van der Waals surface area contributed by atoms with Gasteiger partial charge >= 0.3 is 5.97 Å². The molecule has 0 amide bonds. The summed E-state index contributed by atoms with van der Waals surface area (Å²) < 4.78 is 19.0. The van der Waals surface area contributed by atoms with E-state index >= 15 is 0 Å². The molecule has 1 unspecified atom stereocenters. The van der Waals surface area contributed by atoms with Crippen molar-refractivity contribution in [2.24, 2.45) is 0 Å². The van der Waals surface area contributed by atoms with Crippen LogP contribution in [0.3, 0.4) is 0 Å². The Morgan fingerprint density at radius 2 is 1.89 bits per heavy atom. The third-order valence-electron chi connectivity index (χ3n) is 3.56. The van der Waals surface area contributed by atoms with Crippen molar-refractivity contribution < 1.29 is 13.9 Å². The Kier molecular flexibility index (Phi) is 2.82. The maximum Gasteiger partial charge on any atom is 0.339 e. The Morgan fingerprint density at radius 1 is 1.16 bits per heavy atom. The van der Waals surface area contributed by atoms with Crippen LogP contribution in [-0.2, 0) is 11.2 Å². The van der Waals surface area contributed by atoms with Gasteiger partial charge in [0.05, 0.1) is 5.56 Å². The number of halogens is 1. The highest BCUT2D eigenvalue weighted by molar-refractivity contribution is 5.92. The molecule has 2 aromatic rings. The van der Waals surface area contributed by atoms with E-state index in [4.69, 9.17) is 4.74 Å². The molecule has 1 heterocycles. The molecule has 19 heavy (non-hydrogen) atoms. The van der Waals surface area contributed by atoms with Crippen molar-refractivity contribution in [1.82, 2.24) is 0 Å². The fraction of sp³-hybridized carbons (Fsp3) is 0.188. The molecule has 3 rings (SSSR count). The van der Waals surface area contributed by atoms with Gasteiger partial charge in [-0.1, -0.05) is 30.3 Å². The molecular weight excluding hydrogens is 243 g/mol. The molecule has 0 aliphatic carbocycles. The smallest absolute Gasteiger partial charge is 0.339 e. The standard InChI is InChI=1S/C16H13FO2/c1-10-13-9-15(11-5-3-2-4-6-11)19-16(18)12(13)7-8-14(10)17/h2-8,15H,9H2,1H3. The van der Waals surface area contributed by atoms with E-state index in [-0.39, 0.29) is 17.9 Å². The second kappa shape index (κ2) is 4.50. The maximum absolute atomic E-state index is 13.6. The van der Waals surface area contributed by atoms with Crippen molar-refractivity contribution in [2.45, 2.75) is 19.4 Å². The summed E-state index contributed by atoms with van der Waals surface area (Å²) in [5.41, 5.74) is 2.71. The summed E-state index contributed by atoms with van der Waals surface area (Å²) in [6.45, 7) is 1.70. The Bertz CT molecular complexity index is 635. The molecular formula is C16H13FO2. The molecule has 2 aromatic carbocycles. The molecule has 0 N–H and O–H groups in total. The van der Waals surface area contributed by atoms with Crippen LogP contribution in [-0.4, -0.2) is 5.97 Å². The van der Waals surface area contributed by atoms with Crippen molar-refractivity contribution in [3.05, 3.63) is 70.5 Å². The molecule has 0 saturated heterocycles. The minimum absolute atomic E-state index is 0.278. The van der Waals surface area contributed by atoms with Crippen molar-refractivity contribution in [3.8, 4) is 0 Å². The first-order valence-electron chi connectivity index (χ1n) is 6.20. The molecule has 0 bridgehead atoms. The van der Waals surface area contributed by atoms with E-state index in [0.717, 1.165) is 11.1 Å². The Labute approximate surface area is 110 Å². The van der Waals surface area contributed by atoms with Crippen molar-refractivity contribution in [1.29, 1.82) is 0 Å². The van der Waals surface area contributed by atoms with Crippen molar-refractivity contribution in [2.75, 3.05) is 0 Å². The van der Waals surface area contributed by atoms with Crippen LogP contribution in [0.25, 0.3) is 0 Å². The lowest BCUT2D eigenvalue weighted by atomic mass is 9.91. The van der Waals surface area contributed by atoms with E-state index in [9.17, 15) is 9.18 Å². The molecule has 1 aliphatic rings. The lowest BCUT2D eigenvalue weighted by Crippen LogP contribution is -2.23. The summed E-state index contributed by atoms with van der Waals surface area (Å²) in [6, 6.07) is 12.4. The van der Waals surface area contributed by atoms with Gasteiger partial charge in [0.1, 0.15) is 11.9 Å². The van der Waals surface area contributed by atoms with Crippen molar-refractivity contribution in [3.63, 3.8) is 0 Å². The summed E-state index contributed by atoms with van der Waals surface area (Å²) >= 11 is 0. The maximum atomic E-state index is 13.6. The average Bonchev–Trinajstić information content (AvgIpc) is 2.44. The summed E-state index contributed by atoms with van der Waals surface area (Å²) in [7, 11) is 0. The van der Waals surface area contributed by atoms with E-state index in [1.54, 1.807) is 6.92 Å². The molecule has 2 nitrogen and oxygen atoms in total. The molecule has 0 saturated carbocycles. The van der Waals surface area contributed by atoms with Crippen LogP contribution < -0.4 is 0 Å². The number of ether oxygens (including phenoxy) is 1. The molecule has 3 heteroatoms. The summed E-state index contributed by atoms with van der Waals surface area (Å²) in [5, 5.41) is 0. The van der Waals surface area contributed by atoms with Gasteiger partial charge in [0.2, 0.25) is 0 Å². The van der Waals surface area contributed by atoms with Gasteiger partial charge in [-0.2, -0.15) is 0 Å². The number of esters is 1. The third-order valence-corrected chi connectivity index (χ3v) is 3.56. The molecule has 96 valence electrons. The fourth-order valence-electron chi connectivity index (χ4n) is 2.46. The number of fused-ring (bicyclic) bond motifs is 1. The number of cyclic esters (lactones) is 1. The van der Waals surface area contributed by atoms with Gasteiger partial charge in [0.15, 0.2) is 0 Å². The Balaban J connectivity index is 2.04. The topological polar surface area (TPSA) is 26.3 Å². The van der Waals surface area contributed by atoms with E-state index < -0.39 is 0 Å². The second-order valence-corrected chi connectivity index (χ2v) is 4.71. The van der Waals surface area contributed by atoms with Gasteiger partial charge in [0, 0.05) is 6.42 Å². The zero-order valence-electron chi connectivity index (χ0n) is 10.5. The molecule has 0 spiro atoms. The first-order chi connectivity index (χ1) is 9.16. The summed E-state index contributed by atoms with van der Waals surface area (Å²) in [5.74, 6) is -0.654. The molecule has 0 fully saturated rings. The molecule has 1 atom stereocenters. The van der Waals surface area contributed by atoms with E-state index in [1.165, 1.54) is 12.1 Å². The van der Waals surface area contributed by atoms with Gasteiger partial charge in [-0.15, -0.1) is 0 Å². The van der Waals surface area contributed by atoms with Crippen LogP contribution in [0.4, 0.5) is 4.39 Å². The van der Waals surface area contributed by atoms with Crippen LogP contribution in [0.15, 0.2) is 42.5 Å². The van der Waals surface area contributed by atoms with Crippen LogP contribution >= 0.6 is 0 Å². The first-order valence-corrected chi connectivity index (χ1v) is 6.20. The number of hydrogen-bond acceptors (Lipinski definition) is 2. The number of hydrogen-bond donors (Lipinski definition) is 0. The SMILES string of the molecule is Cc1c(F)ccc2c1CC(c1ccccc1)OC2=O. The number of carbonyl (C=O) groups is 1. The highest BCUT2D eigenvalue weighted by Gasteiger charge is 2.29. The van der Waals surface area contributed by atoms with E-state index in [0.29, 0.717) is 17.5 Å². The molecule has 0 aromatic heterocycles. The van der Waals surface area contributed by atoms with Crippen LogP contribution in [0, 0.1) is 12.7 Å². The first kappa shape index (κ1) is 11.9. The Hall–Kier alpha value is -2.16. The summed E-state index contributed by atoms with van der Waals surface area (Å²) in [6.07, 6.45) is 0.191. The third kappa shape index (κ3) is 2.01. The zero-order valence-corrected chi connectivity index (χ0v) is 10.5. The largest absolute Gasteiger partial charge is 0.454 e. The van der Waals surface area contributed by atoms with Gasteiger partial charge in [0.25, 0.3) is 0 Å².